The van der Waals surface area contributed by atoms with Gasteiger partial charge in [0.25, 0.3) is 5.91 Å². The lowest BCUT2D eigenvalue weighted by Crippen LogP contribution is -2.56. The molecule has 3 N–H and O–H groups in total. The SMILES string of the molecule is CC(C)(C)OC(=O)N1[C@H](C(=O)N[C@@H](Cc2ccc(NC(=O)c3c(Cl)cccc3Cl)cc2)C(=O)O)CSC1(C)C. The normalized spacial score (nSPS) is 17.3. The van der Waals surface area contributed by atoms with Crippen molar-refractivity contribution in [1.29, 1.82) is 0 Å². The number of ether oxygens (including phenoxy) is 1. The molecule has 0 unspecified atom stereocenters. The van der Waals surface area contributed by atoms with Crippen LogP contribution in [0, 0.1) is 0 Å². The number of thioether (sulfide) groups is 1. The van der Waals surface area contributed by atoms with E-state index >= 15 is 0 Å². The minimum absolute atomic E-state index is 0.0126. The van der Waals surface area contributed by atoms with Crippen LogP contribution >= 0.6 is 35.0 Å². The molecule has 3 amide bonds. The fourth-order valence-corrected chi connectivity index (χ4v) is 5.77. The van der Waals surface area contributed by atoms with Gasteiger partial charge in [0.2, 0.25) is 5.91 Å². The van der Waals surface area contributed by atoms with Crippen LogP contribution in [0.5, 0.6) is 0 Å². The van der Waals surface area contributed by atoms with Gasteiger partial charge in [-0.3, -0.25) is 14.5 Å². The molecule has 2 aromatic carbocycles. The number of aliphatic carboxylic acids is 1. The fraction of sp³-hybridized carbons (Fsp3) is 0.407. The number of hydrogen-bond donors (Lipinski definition) is 3. The summed E-state index contributed by atoms with van der Waals surface area (Å²) in [6, 6.07) is 9.13. The van der Waals surface area contributed by atoms with Crippen molar-refractivity contribution in [3.05, 3.63) is 63.6 Å². The molecule has 3 rings (SSSR count). The molecule has 2 aromatic rings. The van der Waals surface area contributed by atoms with Gasteiger partial charge in [-0.25, -0.2) is 9.59 Å². The number of rotatable bonds is 7. The van der Waals surface area contributed by atoms with Crippen LogP contribution in [0.25, 0.3) is 0 Å². The van der Waals surface area contributed by atoms with E-state index in [4.69, 9.17) is 27.9 Å². The van der Waals surface area contributed by atoms with Crippen LogP contribution in [0.2, 0.25) is 10.0 Å². The van der Waals surface area contributed by atoms with Gasteiger partial charge in [-0.1, -0.05) is 41.4 Å². The summed E-state index contributed by atoms with van der Waals surface area (Å²) in [5.74, 6) is -1.98. The summed E-state index contributed by atoms with van der Waals surface area (Å²) in [6.45, 7) is 8.82. The van der Waals surface area contributed by atoms with E-state index in [1.165, 1.54) is 16.7 Å². The zero-order valence-electron chi connectivity index (χ0n) is 22.2. The van der Waals surface area contributed by atoms with Crippen LogP contribution in [0.1, 0.15) is 50.5 Å². The predicted octanol–water partition coefficient (Wildman–Crippen LogP) is 5.45. The molecular weight excluding hydrogens is 565 g/mol. The summed E-state index contributed by atoms with van der Waals surface area (Å²) in [7, 11) is 0. The predicted molar refractivity (Wildman–Crippen MR) is 153 cm³/mol. The molecule has 0 aromatic heterocycles. The van der Waals surface area contributed by atoms with E-state index in [1.807, 2.05) is 13.8 Å². The topological polar surface area (TPSA) is 125 Å². The van der Waals surface area contributed by atoms with Crippen molar-refractivity contribution in [1.82, 2.24) is 10.2 Å². The smallest absolute Gasteiger partial charge is 0.412 e. The minimum atomic E-state index is -1.24. The van der Waals surface area contributed by atoms with E-state index in [0.717, 1.165) is 0 Å². The van der Waals surface area contributed by atoms with Gasteiger partial charge in [0.1, 0.15) is 17.7 Å². The minimum Gasteiger partial charge on any atom is -0.480 e. The second kappa shape index (κ2) is 12.1. The largest absolute Gasteiger partial charge is 0.480 e. The lowest BCUT2D eigenvalue weighted by atomic mass is 10.0. The van der Waals surface area contributed by atoms with Gasteiger partial charge in [-0.2, -0.15) is 0 Å². The van der Waals surface area contributed by atoms with Gasteiger partial charge < -0.3 is 20.5 Å². The number of carboxylic acid groups (broad SMARTS) is 1. The molecule has 0 saturated carbocycles. The number of carbonyl (C=O) groups is 4. The summed E-state index contributed by atoms with van der Waals surface area (Å²) in [6.07, 6.45) is -0.651. The number of nitrogens with zero attached hydrogens (tertiary/aromatic N) is 1. The van der Waals surface area contributed by atoms with Crippen LogP contribution in [-0.2, 0) is 20.7 Å². The summed E-state index contributed by atoms with van der Waals surface area (Å²) in [5.41, 5.74) is 0.457. The Morgan fingerprint density at radius 2 is 1.69 bits per heavy atom. The number of carboxylic acids is 1. The van der Waals surface area contributed by atoms with Gasteiger partial charge in [-0.15, -0.1) is 11.8 Å². The Morgan fingerprint density at radius 3 is 2.23 bits per heavy atom. The van der Waals surface area contributed by atoms with Crippen LogP contribution < -0.4 is 10.6 Å². The highest BCUT2D eigenvalue weighted by Crippen LogP contribution is 2.40. The first kappa shape index (κ1) is 30.6. The number of benzene rings is 2. The van der Waals surface area contributed by atoms with Gasteiger partial charge in [-0.05, 0) is 64.4 Å². The second-order valence-electron chi connectivity index (χ2n) is 10.5. The Kier molecular flexibility index (Phi) is 9.46. The Balaban J connectivity index is 1.68. The second-order valence-corrected chi connectivity index (χ2v) is 12.9. The number of amides is 3. The van der Waals surface area contributed by atoms with E-state index < -0.39 is 46.4 Å². The maximum Gasteiger partial charge on any atom is 0.412 e. The number of anilines is 1. The van der Waals surface area contributed by atoms with Gasteiger partial charge in [0, 0.05) is 17.9 Å². The van der Waals surface area contributed by atoms with Crippen LogP contribution in [0.4, 0.5) is 10.5 Å². The van der Waals surface area contributed by atoms with Crippen molar-refractivity contribution >= 4 is 64.5 Å². The molecule has 39 heavy (non-hydrogen) atoms. The molecule has 0 radical (unpaired) electrons. The first-order chi connectivity index (χ1) is 18.1. The molecule has 1 saturated heterocycles. The van der Waals surface area contributed by atoms with Crippen LogP contribution in [0.15, 0.2) is 42.5 Å². The lowest BCUT2D eigenvalue weighted by Gasteiger charge is -2.35. The number of nitrogens with one attached hydrogen (secondary N) is 2. The molecular formula is C27H31Cl2N3O6S. The zero-order chi connectivity index (χ0) is 29.1. The Hall–Kier alpha value is -2.95. The van der Waals surface area contributed by atoms with Crippen molar-refractivity contribution in [3.63, 3.8) is 0 Å². The van der Waals surface area contributed by atoms with Crippen molar-refractivity contribution in [3.8, 4) is 0 Å². The lowest BCUT2D eigenvalue weighted by molar-refractivity contribution is -0.142. The molecule has 0 bridgehead atoms. The highest BCUT2D eigenvalue weighted by molar-refractivity contribution is 8.00. The third-order valence-electron chi connectivity index (χ3n) is 5.84. The first-order valence-electron chi connectivity index (χ1n) is 12.1. The van der Waals surface area contributed by atoms with Gasteiger partial charge in [0.05, 0.1) is 20.5 Å². The molecule has 210 valence electrons. The first-order valence-corrected chi connectivity index (χ1v) is 13.9. The fourth-order valence-electron chi connectivity index (χ4n) is 3.99. The van der Waals surface area contributed by atoms with Crippen LogP contribution in [-0.4, -0.2) is 62.2 Å². The maximum absolute atomic E-state index is 13.2. The van der Waals surface area contributed by atoms with E-state index in [9.17, 15) is 24.3 Å². The summed E-state index contributed by atoms with van der Waals surface area (Å²) >= 11 is 13.6. The van der Waals surface area contributed by atoms with E-state index in [2.05, 4.69) is 10.6 Å². The standard InChI is InChI=1S/C27H31Cl2N3O6S/c1-26(2,3)38-25(37)32-20(14-39-27(32,4)5)22(33)31-19(24(35)36)13-15-9-11-16(12-10-15)30-23(34)21-17(28)7-6-8-18(21)29/h6-12,19-20H,13-14H2,1-5H3,(H,30,34)(H,31,33)(H,35,36)/t19-,20-/m0/s1. The highest BCUT2D eigenvalue weighted by atomic mass is 35.5. The van der Waals surface area contributed by atoms with Crippen molar-refractivity contribution in [2.75, 3.05) is 11.1 Å². The van der Waals surface area contributed by atoms with Crippen molar-refractivity contribution in [2.24, 2.45) is 0 Å². The third kappa shape index (κ3) is 7.80. The molecule has 1 fully saturated rings. The summed E-state index contributed by atoms with van der Waals surface area (Å²) in [5, 5.41) is 15.5. The number of hydrogen-bond acceptors (Lipinski definition) is 6. The Labute approximate surface area is 241 Å². The maximum atomic E-state index is 13.2. The molecule has 0 spiro atoms. The number of carbonyl (C=O) groups excluding carboxylic acids is 3. The molecule has 1 heterocycles. The third-order valence-corrected chi connectivity index (χ3v) is 7.85. The molecule has 1 aliphatic rings. The zero-order valence-corrected chi connectivity index (χ0v) is 24.5. The van der Waals surface area contributed by atoms with E-state index in [0.29, 0.717) is 17.0 Å². The molecule has 0 aliphatic carbocycles. The van der Waals surface area contributed by atoms with Crippen molar-refractivity contribution < 1.29 is 29.0 Å². The van der Waals surface area contributed by atoms with Crippen molar-refractivity contribution in [2.45, 2.75) is 63.6 Å². The Bertz CT molecular complexity index is 1240. The summed E-state index contributed by atoms with van der Waals surface area (Å²) < 4.78 is 5.50. The monoisotopic (exact) mass is 595 g/mol. The number of halogens is 2. The van der Waals surface area contributed by atoms with Crippen LogP contribution in [0.3, 0.4) is 0 Å². The summed E-state index contributed by atoms with van der Waals surface area (Å²) in [4.78, 5) is 51.3. The molecule has 9 nitrogen and oxygen atoms in total. The average Bonchev–Trinajstić information content (AvgIpc) is 3.13. The average molecular weight is 597 g/mol. The Morgan fingerprint density at radius 1 is 1.10 bits per heavy atom. The van der Waals surface area contributed by atoms with E-state index in [-0.39, 0.29) is 22.0 Å². The van der Waals surface area contributed by atoms with E-state index in [1.54, 1.807) is 63.2 Å². The highest BCUT2D eigenvalue weighted by Gasteiger charge is 2.48. The van der Waals surface area contributed by atoms with Gasteiger partial charge in [0.15, 0.2) is 0 Å². The molecule has 1 aliphatic heterocycles. The molecule has 12 heteroatoms. The quantitative estimate of drug-likeness (QED) is 0.389. The van der Waals surface area contributed by atoms with Gasteiger partial charge >= 0.3 is 12.1 Å². The molecule has 2 atom stereocenters.